The van der Waals surface area contributed by atoms with Gasteiger partial charge in [0.05, 0.1) is 0 Å². The van der Waals surface area contributed by atoms with E-state index >= 15 is 0 Å². The smallest absolute Gasteiger partial charge is 0.319 e. The molecule has 0 heterocycles. The minimum absolute atomic E-state index is 0.261. The third-order valence-electron chi connectivity index (χ3n) is 3.55. The number of hydrogen-bond acceptors (Lipinski definition) is 2. The van der Waals surface area contributed by atoms with Gasteiger partial charge in [0, 0.05) is 23.6 Å². The lowest BCUT2D eigenvalue weighted by Crippen LogP contribution is -2.28. The number of amides is 2. The molecule has 0 spiro atoms. The van der Waals surface area contributed by atoms with Gasteiger partial charge in [0.1, 0.15) is 5.82 Å². The van der Waals surface area contributed by atoms with Gasteiger partial charge in [-0.25, -0.2) is 9.18 Å². The van der Waals surface area contributed by atoms with Gasteiger partial charge in [-0.3, -0.25) is 0 Å². The molecule has 0 fully saturated rings. The van der Waals surface area contributed by atoms with Crippen LogP contribution in [-0.4, -0.2) is 6.03 Å². The molecule has 2 amide bonds. The quantitative estimate of drug-likeness (QED) is 0.622. The lowest BCUT2D eigenvalue weighted by molar-refractivity contribution is 0.251. The second-order valence-corrected chi connectivity index (χ2v) is 5.51. The predicted octanol–water partition coefficient (Wildman–Crippen LogP) is 4.89. The number of nitrogens with one attached hydrogen (secondary N) is 3. The lowest BCUT2D eigenvalue weighted by Gasteiger charge is -2.10. The first kappa shape index (κ1) is 16.5. The lowest BCUT2D eigenvalue weighted by atomic mass is 10.2. The highest BCUT2D eigenvalue weighted by Crippen LogP contribution is 2.18. The average Bonchev–Trinajstić information content (AvgIpc) is 2.63. The number of urea groups is 1. The molecule has 3 N–H and O–H groups in total. The van der Waals surface area contributed by atoms with E-state index in [0.717, 1.165) is 11.4 Å². The number of para-hydroxylation sites is 1. The van der Waals surface area contributed by atoms with Crippen molar-refractivity contribution in [3.8, 4) is 0 Å². The monoisotopic (exact) mass is 335 g/mol. The van der Waals surface area contributed by atoms with Gasteiger partial charge in [0.2, 0.25) is 0 Å². The molecular formula is C20H18FN3O. The van der Waals surface area contributed by atoms with Crippen molar-refractivity contribution in [1.29, 1.82) is 0 Å². The Kier molecular flexibility index (Phi) is 5.26. The van der Waals surface area contributed by atoms with Crippen molar-refractivity contribution in [1.82, 2.24) is 5.32 Å². The van der Waals surface area contributed by atoms with Crippen LogP contribution in [0.25, 0.3) is 0 Å². The van der Waals surface area contributed by atoms with Crippen molar-refractivity contribution < 1.29 is 9.18 Å². The van der Waals surface area contributed by atoms with Crippen LogP contribution in [0.1, 0.15) is 5.56 Å². The fourth-order valence-electron chi connectivity index (χ4n) is 2.33. The van der Waals surface area contributed by atoms with Crippen LogP contribution in [0.5, 0.6) is 0 Å². The van der Waals surface area contributed by atoms with Crippen LogP contribution >= 0.6 is 0 Å². The Morgan fingerprint density at radius 2 is 1.48 bits per heavy atom. The zero-order chi connectivity index (χ0) is 17.5. The Bertz CT molecular complexity index is 835. The molecule has 126 valence electrons. The van der Waals surface area contributed by atoms with Gasteiger partial charge in [0.15, 0.2) is 0 Å². The van der Waals surface area contributed by atoms with Gasteiger partial charge in [0.25, 0.3) is 0 Å². The number of rotatable bonds is 5. The van der Waals surface area contributed by atoms with Crippen molar-refractivity contribution in [2.24, 2.45) is 0 Å². The predicted molar refractivity (Wildman–Crippen MR) is 98.4 cm³/mol. The third kappa shape index (κ3) is 5.07. The van der Waals surface area contributed by atoms with Crippen LogP contribution in [0.4, 0.5) is 26.2 Å². The summed E-state index contributed by atoms with van der Waals surface area (Å²) in [6.45, 7) is 0.261. The highest BCUT2D eigenvalue weighted by atomic mass is 19.1. The van der Waals surface area contributed by atoms with Gasteiger partial charge in [-0.05, 0) is 54.1 Å². The van der Waals surface area contributed by atoms with E-state index < -0.39 is 0 Å². The summed E-state index contributed by atoms with van der Waals surface area (Å²) in [6, 6.07) is 23.0. The second-order valence-electron chi connectivity index (χ2n) is 5.51. The minimum Gasteiger partial charge on any atom is -0.356 e. The topological polar surface area (TPSA) is 53.2 Å². The van der Waals surface area contributed by atoms with Crippen molar-refractivity contribution in [3.05, 3.63) is 90.2 Å². The van der Waals surface area contributed by atoms with Gasteiger partial charge >= 0.3 is 6.03 Å². The first-order valence-electron chi connectivity index (χ1n) is 7.90. The summed E-state index contributed by atoms with van der Waals surface area (Å²) >= 11 is 0. The van der Waals surface area contributed by atoms with E-state index in [1.165, 1.54) is 12.1 Å². The summed E-state index contributed by atoms with van der Waals surface area (Å²) < 4.78 is 13.1. The number of carbonyl (C=O) groups is 1. The summed E-state index contributed by atoms with van der Waals surface area (Å²) in [4.78, 5) is 11.9. The van der Waals surface area contributed by atoms with Gasteiger partial charge in [-0.1, -0.05) is 30.3 Å². The average molecular weight is 335 g/mol. The first-order chi connectivity index (χ1) is 12.2. The molecule has 4 nitrogen and oxygen atoms in total. The highest BCUT2D eigenvalue weighted by Gasteiger charge is 2.03. The molecule has 0 saturated heterocycles. The maximum Gasteiger partial charge on any atom is 0.319 e. The molecule has 0 saturated carbocycles. The molecule has 0 bridgehead atoms. The zero-order valence-electron chi connectivity index (χ0n) is 13.5. The van der Waals surface area contributed by atoms with Crippen LogP contribution in [-0.2, 0) is 6.54 Å². The molecule has 0 aliphatic rings. The molecule has 0 aromatic heterocycles. The SMILES string of the molecule is O=C(NCc1cccc(F)c1)Nc1ccc(Nc2ccccc2)cc1. The Hall–Kier alpha value is -3.34. The molecule has 25 heavy (non-hydrogen) atoms. The van der Waals surface area contributed by atoms with E-state index in [4.69, 9.17) is 0 Å². The Morgan fingerprint density at radius 3 is 2.20 bits per heavy atom. The summed E-state index contributed by atoms with van der Waals surface area (Å²) in [5, 5.41) is 8.72. The van der Waals surface area contributed by atoms with E-state index in [9.17, 15) is 9.18 Å². The summed E-state index contributed by atoms with van der Waals surface area (Å²) in [6.07, 6.45) is 0. The summed E-state index contributed by atoms with van der Waals surface area (Å²) in [5.74, 6) is -0.318. The van der Waals surface area contributed by atoms with Crippen molar-refractivity contribution in [2.75, 3.05) is 10.6 Å². The maximum atomic E-state index is 13.1. The minimum atomic E-state index is -0.340. The van der Waals surface area contributed by atoms with E-state index in [1.54, 1.807) is 12.1 Å². The third-order valence-corrected chi connectivity index (χ3v) is 3.55. The fraction of sp³-hybridized carbons (Fsp3) is 0.0500. The number of hydrogen-bond donors (Lipinski definition) is 3. The van der Waals surface area contributed by atoms with Crippen LogP contribution < -0.4 is 16.0 Å². The van der Waals surface area contributed by atoms with E-state index in [0.29, 0.717) is 11.3 Å². The van der Waals surface area contributed by atoms with E-state index in [1.807, 2.05) is 54.6 Å². The van der Waals surface area contributed by atoms with Crippen LogP contribution in [0.3, 0.4) is 0 Å². The van der Waals surface area contributed by atoms with Crippen LogP contribution in [0.2, 0.25) is 0 Å². The standard InChI is InChI=1S/C20H18FN3O/c21-16-6-4-5-15(13-16)14-22-20(25)24-19-11-9-18(10-12-19)23-17-7-2-1-3-8-17/h1-13,23H,14H2,(H2,22,24,25). The second kappa shape index (κ2) is 7.97. The largest absolute Gasteiger partial charge is 0.356 e. The Morgan fingerprint density at radius 1 is 0.800 bits per heavy atom. The Balaban J connectivity index is 1.51. The number of halogens is 1. The first-order valence-corrected chi connectivity index (χ1v) is 7.90. The molecule has 0 aliphatic carbocycles. The normalized spacial score (nSPS) is 10.1. The highest BCUT2D eigenvalue weighted by molar-refractivity contribution is 5.89. The van der Waals surface area contributed by atoms with E-state index in [-0.39, 0.29) is 18.4 Å². The van der Waals surface area contributed by atoms with Gasteiger partial charge in [-0.15, -0.1) is 0 Å². The zero-order valence-corrected chi connectivity index (χ0v) is 13.5. The molecule has 5 heteroatoms. The van der Waals surface area contributed by atoms with Crippen molar-refractivity contribution in [2.45, 2.75) is 6.54 Å². The molecule has 0 aliphatic heterocycles. The van der Waals surface area contributed by atoms with Gasteiger partial charge < -0.3 is 16.0 Å². The van der Waals surface area contributed by atoms with Crippen LogP contribution in [0.15, 0.2) is 78.9 Å². The Labute approximate surface area is 145 Å². The maximum absolute atomic E-state index is 13.1. The summed E-state index contributed by atoms with van der Waals surface area (Å²) in [5.41, 5.74) is 3.31. The molecule has 3 rings (SSSR count). The fourth-order valence-corrected chi connectivity index (χ4v) is 2.33. The molecule has 0 radical (unpaired) electrons. The molecule has 3 aromatic carbocycles. The van der Waals surface area contributed by atoms with Crippen molar-refractivity contribution >= 4 is 23.1 Å². The number of carbonyl (C=O) groups excluding carboxylic acids is 1. The molecule has 3 aromatic rings. The van der Waals surface area contributed by atoms with Crippen molar-refractivity contribution in [3.63, 3.8) is 0 Å². The van der Waals surface area contributed by atoms with Gasteiger partial charge in [-0.2, -0.15) is 0 Å². The van der Waals surface area contributed by atoms with E-state index in [2.05, 4.69) is 16.0 Å². The van der Waals surface area contributed by atoms with Crippen LogP contribution in [0, 0.1) is 5.82 Å². The molecular weight excluding hydrogens is 317 g/mol. The number of anilines is 3. The summed E-state index contributed by atoms with van der Waals surface area (Å²) in [7, 11) is 0. The molecule has 0 unspecified atom stereocenters. The molecule has 0 atom stereocenters. The number of benzene rings is 3.